The standard InChI is InChI=1S/C13H18Br2FN/c14-8-3-1-2-4-9-17-10-11-6-5-7-12(16)13(11)15/h5-7,17H,1-4,8-10H2. The second-order valence-corrected chi connectivity index (χ2v) is 5.58. The number of hydrogen-bond acceptors (Lipinski definition) is 1. The molecule has 0 amide bonds. The van der Waals surface area contributed by atoms with Gasteiger partial charge in [-0.15, -0.1) is 0 Å². The van der Waals surface area contributed by atoms with Gasteiger partial charge in [-0.05, 0) is 46.9 Å². The molecular weight excluding hydrogens is 349 g/mol. The van der Waals surface area contributed by atoms with Gasteiger partial charge in [0.25, 0.3) is 0 Å². The minimum Gasteiger partial charge on any atom is -0.313 e. The van der Waals surface area contributed by atoms with Crippen LogP contribution in [0.2, 0.25) is 0 Å². The summed E-state index contributed by atoms with van der Waals surface area (Å²) in [7, 11) is 0. The monoisotopic (exact) mass is 365 g/mol. The van der Waals surface area contributed by atoms with E-state index in [4.69, 9.17) is 0 Å². The van der Waals surface area contributed by atoms with Crippen molar-refractivity contribution in [3.05, 3.63) is 34.1 Å². The van der Waals surface area contributed by atoms with E-state index in [0.29, 0.717) is 4.47 Å². The summed E-state index contributed by atoms with van der Waals surface area (Å²) in [5.41, 5.74) is 0.977. The molecule has 0 saturated heterocycles. The highest BCUT2D eigenvalue weighted by molar-refractivity contribution is 9.10. The Labute approximate surface area is 119 Å². The molecule has 0 bridgehead atoms. The van der Waals surface area contributed by atoms with Gasteiger partial charge >= 0.3 is 0 Å². The molecule has 1 N–H and O–H groups in total. The van der Waals surface area contributed by atoms with E-state index in [1.165, 1.54) is 31.7 Å². The van der Waals surface area contributed by atoms with Gasteiger partial charge in [0.2, 0.25) is 0 Å². The molecule has 0 unspecified atom stereocenters. The fraction of sp³-hybridized carbons (Fsp3) is 0.538. The molecule has 1 nitrogen and oxygen atoms in total. The molecule has 4 heteroatoms. The van der Waals surface area contributed by atoms with Crippen molar-refractivity contribution in [2.45, 2.75) is 32.2 Å². The van der Waals surface area contributed by atoms with Gasteiger partial charge in [0.1, 0.15) is 5.82 Å². The van der Waals surface area contributed by atoms with Crippen molar-refractivity contribution in [2.24, 2.45) is 0 Å². The summed E-state index contributed by atoms with van der Waals surface area (Å²) in [6.07, 6.45) is 4.95. The number of nitrogens with one attached hydrogen (secondary N) is 1. The van der Waals surface area contributed by atoms with Crippen LogP contribution in [-0.2, 0) is 6.54 Å². The van der Waals surface area contributed by atoms with Crippen molar-refractivity contribution in [3.63, 3.8) is 0 Å². The summed E-state index contributed by atoms with van der Waals surface area (Å²) in [6, 6.07) is 5.14. The third kappa shape index (κ3) is 5.98. The molecule has 17 heavy (non-hydrogen) atoms. The summed E-state index contributed by atoms with van der Waals surface area (Å²) in [5.74, 6) is -0.193. The van der Waals surface area contributed by atoms with E-state index >= 15 is 0 Å². The van der Waals surface area contributed by atoms with Crippen LogP contribution in [0.5, 0.6) is 0 Å². The van der Waals surface area contributed by atoms with Crippen molar-refractivity contribution >= 4 is 31.9 Å². The van der Waals surface area contributed by atoms with Gasteiger partial charge < -0.3 is 5.32 Å². The summed E-state index contributed by atoms with van der Waals surface area (Å²) in [6.45, 7) is 1.71. The van der Waals surface area contributed by atoms with Crippen molar-refractivity contribution in [3.8, 4) is 0 Å². The highest BCUT2D eigenvalue weighted by atomic mass is 79.9. The van der Waals surface area contributed by atoms with Gasteiger partial charge in [0.15, 0.2) is 0 Å². The summed E-state index contributed by atoms with van der Waals surface area (Å²) in [5, 5.41) is 4.43. The molecule has 0 aliphatic rings. The molecule has 0 atom stereocenters. The molecule has 0 fully saturated rings. The van der Waals surface area contributed by atoms with E-state index in [1.54, 1.807) is 6.07 Å². The Hall–Kier alpha value is 0.0700. The van der Waals surface area contributed by atoms with Crippen LogP contribution in [0.15, 0.2) is 22.7 Å². The lowest BCUT2D eigenvalue weighted by Gasteiger charge is -2.07. The zero-order valence-corrected chi connectivity index (χ0v) is 13.0. The van der Waals surface area contributed by atoms with Gasteiger partial charge in [-0.25, -0.2) is 4.39 Å². The third-order valence-electron chi connectivity index (χ3n) is 2.58. The topological polar surface area (TPSA) is 12.0 Å². The number of halogens is 3. The van der Waals surface area contributed by atoms with E-state index in [0.717, 1.165) is 24.0 Å². The van der Waals surface area contributed by atoms with Crippen LogP contribution in [-0.4, -0.2) is 11.9 Å². The van der Waals surface area contributed by atoms with E-state index in [-0.39, 0.29) is 5.82 Å². The number of benzene rings is 1. The molecule has 0 spiro atoms. The summed E-state index contributed by atoms with van der Waals surface area (Å²) < 4.78 is 13.8. The average Bonchev–Trinajstić information content (AvgIpc) is 2.33. The fourth-order valence-corrected chi connectivity index (χ4v) is 2.41. The fourth-order valence-electron chi connectivity index (χ4n) is 1.61. The number of hydrogen-bond donors (Lipinski definition) is 1. The van der Waals surface area contributed by atoms with Gasteiger partial charge in [0, 0.05) is 11.9 Å². The number of unbranched alkanes of at least 4 members (excludes halogenated alkanes) is 3. The van der Waals surface area contributed by atoms with Crippen molar-refractivity contribution in [1.82, 2.24) is 5.32 Å². The predicted molar refractivity (Wildman–Crippen MR) is 78.1 cm³/mol. The van der Waals surface area contributed by atoms with Crippen LogP contribution in [0.3, 0.4) is 0 Å². The van der Waals surface area contributed by atoms with Crippen LogP contribution >= 0.6 is 31.9 Å². The molecule has 0 radical (unpaired) electrons. The number of alkyl halides is 1. The first-order valence-electron chi connectivity index (χ1n) is 5.95. The van der Waals surface area contributed by atoms with Gasteiger partial charge in [-0.3, -0.25) is 0 Å². The Morgan fingerprint density at radius 2 is 1.88 bits per heavy atom. The first kappa shape index (κ1) is 15.1. The molecule has 1 aromatic carbocycles. The lowest BCUT2D eigenvalue weighted by Crippen LogP contribution is -2.15. The Bertz CT molecular complexity index is 331. The second kappa shape index (κ2) is 9.06. The predicted octanol–water partition coefficient (Wildman–Crippen LogP) is 4.63. The molecular formula is C13H18Br2FN. The van der Waals surface area contributed by atoms with Crippen molar-refractivity contribution < 1.29 is 4.39 Å². The van der Waals surface area contributed by atoms with E-state index in [1.807, 2.05) is 6.07 Å². The number of rotatable bonds is 8. The zero-order valence-electron chi connectivity index (χ0n) is 9.82. The van der Waals surface area contributed by atoms with Gasteiger partial charge in [-0.1, -0.05) is 40.9 Å². The molecule has 1 aromatic rings. The minimum atomic E-state index is -0.193. The third-order valence-corrected chi connectivity index (χ3v) is 4.03. The van der Waals surface area contributed by atoms with Crippen LogP contribution in [0.4, 0.5) is 4.39 Å². The summed E-state index contributed by atoms with van der Waals surface area (Å²) >= 11 is 6.68. The SMILES string of the molecule is Fc1cccc(CNCCCCCCBr)c1Br. The van der Waals surface area contributed by atoms with Crippen LogP contribution in [0, 0.1) is 5.82 Å². The molecule has 0 aliphatic carbocycles. The molecule has 0 aromatic heterocycles. The van der Waals surface area contributed by atoms with Crippen molar-refractivity contribution in [2.75, 3.05) is 11.9 Å². The Morgan fingerprint density at radius 1 is 1.12 bits per heavy atom. The normalized spacial score (nSPS) is 10.8. The summed E-state index contributed by atoms with van der Waals surface area (Å²) in [4.78, 5) is 0. The Balaban J connectivity index is 2.16. The smallest absolute Gasteiger partial charge is 0.137 e. The van der Waals surface area contributed by atoms with Crippen LogP contribution in [0.25, 0.3) is 0 Å². The highest BCUT2D eigenvalue weighted by Gasteiger charge is 2.03. The molecule has 1 rings (SSSR count). The Kier molecular flexibility index (Phi) is 8.06. The maximum atomic E-state index is 13.2. The minimum absolute atomic E-state index is 0.193. The highest BCUT2D eigenvalue weighted by Crippen LogP contribution is 2.19. The first-order valence-corrected chi connectivity index (χ1v) is 7.86. The first-order chi connectivity index (χ1) is 8.25. The molecule has 0 aliphatic heterocycles. The van der Waals surface area contributed by atoms with Gasteiger partial charge in [-0.2, -0.15) is 0 Å². The molecule has 0 heterocycles. The van der Waals surface area contributed by atoms with E-state index in [9.17, 15) is 4.39 Å². The molecule has 0 saturated carbocycles. The Morgan fingerprint density at radius 3 is 2.65 bits per heavy atom. The maximum absolute atomic E-state index is 13.2. The van der Waals surface area contributed by atoms with E-state index < -0.39 is 0 Å². The van der Waals surface area contributed by atoms with Crippen LogP contribution < -0.4 is 5.32 Å². The average molecular weight is 367 g/mol. The largest absolute Gasteiger partial charge is 0.313 e. The zero-order chi connectivity index (χ0) is 12.5. The maximum Gasteiger partial charge on any atom is 0.137 e. The lowest BCUT2D eigenvalue weighted by atomic mass is 10.2. The lowest BCUT2D eigenvalue weighted by molar-refractivity contribution is 0.590. The second-order valence-electron chi connectivity index (χ2n) is 3.99. The quantitative estimate of drug-likeness (QED) is 0.522. The van der Waals surface area contributed by atoms with Gasteiger partial charge in [0.05, 0.1) is 4.47 Å². The van der Waals surface area contributed by atoms with Crippen LogP contribution in [0.1, 0.15) is 31.2 Å². The van der Waals surface area contributed by atoms with E-state index in [2.05, 4.69) is 37.2 Å². The van der Waals surface area contributed by atoms with Crippen molar-refractivity contribution in [1.29, 1.82) is 0 Å². The molecule has 96 valence electrons.